The average Bonchev–Trinajstić information content (AvgIpc) is 2.47. The summed E-state index contributed by atoms with van der Waals surface area (Å²) >= 11 is 0. The van der Waals surface area contributed by atoms with Crippen molar-refractivity contribution in [1.82, 2.24) is 10.6 Å². The van der Waals surface area contributed by atoms with Crippen molar-refractivity contribution in [2.24, 2.45) is 0 Å². The van der Waals surface area contributed by atoms with Crippen molar-refractivity contribution in [1.29, 1.82) is 0 Å². The van der Waals surface area contributed by atoms with Gasteiger partial charge >= 0.3 is 12.2 Å². The van der Waals surface area contributed by atoms with Gasteiger partial charge in [0.2, 0.25) is 0 Å². The number of benzene rings is 1. The molecule has 0 spiro atoms. The van der Waals surface area contributed by atoms with E-state index in [1.165, 1.54) is 12.1 Å². The molecular weight excluding hydrogens is 297 g/mol. The largest absolute Gasteiger partial charge is 0.416 e. The minimum atomic E-state index is -4.35. The molecule has 22 heavy (non-hydrogen) atoms. The van der Waals surface area contributed by atoms with Crippen LogP contribution in [0.3, 0.4) is 0 Å². The maximum absolute atomic E-state index is 12.4. The van der Waals surface area contributed by atoms with Gasteiger partial charge < -0.3 is 15.7 Å². The average molecular weight is 316 g/mol. The van der Waals surface area contributed by atoms with Crippen molar-refractivity contribution in [3.8, 4) is 0 Å². The van der Waals surface area contributed by atoms with Gasteiger partial charge in [-0.1, -0.05) is 12.1 Å². The number of carbonyl (C=O) groups is 1. The number of amides is 2. The zero-order valence-electron chi connectivity index (χ0n) is 12.0. The van der Waals surface area contributed by atoms with E-state index < -0.39 is 11.7 Å². The zero-order chi connectivity index (χ0) is 16.2. The lowest BCUT2D eigenvalue weighted by atomic mass is 9.93. The molecule has 1 aliphatic rings. The Kier molecular flexibility index (Phi) is 5.28. The van der Waals surface area contributed by atoms with Crippen molar-refractivity contribution in [2.75, 3.05) is 0 Å². The van der Waals surface area contributed by atoms with E-state index in [2.05, 4.69) is 10.6 Å². The number of aliphatic hydroxyl groups excluding tert-OH is 1. The van der Waals surface area contributed by atoms with Crippen LogP contribution in [0.25, 0.3) is 0 Å². The first-order valence-electron chi connectivity index (χ1n) is 7.23. The predicted octanol–water partition coefficient (Wildman–Crippen LogP) is 2.81. The van der Waals surface area contributed by atoms with E-state index >= 15 is 0 Å². The van der Waals surface area contributed by atoms with Gasteiger partial charge in [0.05, 0.1) is 11.7 Å². The molecule has 1 aliphatic carbocycles. The first-order chi connectivity index (χ1) is 10.3. The quantitative estimate of drug-likeness (QED) is 0.803. The van der Waals surface area contributed by atoms with Crippen LogP contribution in [0.5, 0.6) is 0 Å². The van der Waals surface area contributed by atoms with Crippen LogP contribution in [0.1, 0.15) is 36.8 Å². The molecular formula is C15H19F3N2O2. The van der Waals surface area contributed by atoms with Gasteiger partial charge in [0, 0.05) is 12.6 Å². The fraction of sp³-hybridized carbons (Fsp3) is 0.533. The third kappa shape index (κ3) is 4.91. The van der Waals surface area contributed by atoms with Gasteiger partial charge in [-0.25, -0.2) is 4.79 Å². The Morgan fingerprint density at radius 1 is 1.14 bits per heavy atom. The second-order valence-electron chi connectivity index (χ2n) is 5.53. The van der Waals surface area contributed by atoms with E-state index in [1.807, 2.05) is 0 Å². The van der Waals surface area contributed by atoms with E-state index in [-0.39, 0.29) is 24.7 Å². The van der Waals surface area contributed by atoms with E-state index in [9.17, 15) is 23.1 Å². The molecule has 1 aromatic rings. The van der Waals surface area contributed by atoms with Gasteiger partial charge in [0.1, 0.15) is 0 Å². The topological polar surface area (TPSA) is 61.4 Å². The van der Waals surface area contributed by atoms with Crippen LogP contribution >= 0.6 is 0 Å². The van der Waals surface area contributed by atoms with Gasteiger partial charge in [-0.2, -0.15) is 13.2 Å². The summed E-state index contributed by atoms with van der Waals surface area (Å²) in [6.45, 7) is 0.166. The molecule has 3 N–H and O–H groups in total. The first kappa shape index (κ1) is 16.6. The molecule has 0 radical (unpaired) electrons. The smallest absolute Gasteiger partial charge is 0.393 e. The van der Waals surface area contributed by atoms with Gasteiger partial charge in [-0.05, 0) is 43.4 Å². The molecule has 7 heteroatoms. The fourth-order valence-electron chi connectivity index (χ4n) is 2.45. The highest BCUT2D eigenvalue weighted by molar-refractivity contribution is 5.74. The van der Waals surface area contributed by atoms with Crippen molar-refractivity contribution >= 4 is 6.03 Å². The Balaban J connectivity index is 1.76. The Morgan fingerprint density at radius 2 is 1.73 bits per heavy atom. The van der Waals surface area contributed by atoms with Gasteiger partial charge in [-0.15, -0.1) is 0 Å². The molecule has 0 atom stereocenters. The summed E-state index contributed by atoms with van der Waals surface area (Å²) in [6, 6.07) is 4.38. The summed E-state index contributed by atoms with van der Waals surface area (Å²) < 4.78 is 37.3. The number of urea groups is 1. The highest BCUT2D eigenvalue weighted by Crippen LogP contribution is 2.29. The summed E-state index contributed by atoms with van der Waals surface area (Å²) in [6.07, 6.45) is -1.83. The maximum Gasteiger partial charge on any atom is 0.416 e. The Hall–Kier alpha value is -1.76. The molecule has 2 amide bonds. The highest BCUT2D eigenvalue weighted by Gasteiger charge is 2.29. The molecule has 0 unspecified atom stereocenters. The second kappa shape index (κ2) is 7.00. The first-order valence-corrected chi connectivity index (χ1v) is 7.23. The Labute approximate surface area is 126 Å². The monoisotopic (exact) mass is 316 g/mol. The third-order valence-corrected chi connectivity index (χ3v) is 3.77. The number of aliphatic hydroxyl groups is 1. The SMILES string of the molecule is O=C(NCc1ccc(C(F)(F)F)cc1)NC1CCC(O)CC1. The lowest BCUT2D eigenvalue weighted by Gasteiger charge is -2.26. The molecule has 1 fully saturated rings. The summed E-state index contributed by atoms with van der Waals surface area (Å²) in [5, 5.41) is 14.8. The summed E-state index contributed by atoms with van der Waals surface area (Å²) in [7, 11) is 0. The van der Waals surface area contributed by atoms with Gasteiger partial charge in [-0.3, -0.25) is 0 Å². The number of halogens is 3. The normalized spacial score (nSPS) is 22.2. The fourth-order valence-corrected chi connectivity index (χ4v) is 2.45. The summed E-state index contributed by atoms with van der Waals surface area (Å²) in [5.41, 5.74) is -0.108. The molecule has 122 valence electrons. The predicted molar refractivity (Wildman–Crippen MR) is 75.1 cm³/mol. The highest BCUT2D eigenvalue weighted by atomic mass is 19.4. The van der Waals surface area contributed by atoms with Gasteiger partial charge in [0.15, 0.2) is 0 Å². The molecule has 0 saturated heterocycles. The Bertz CT molecular complexity index is 495. The van der Waals surface area contributed by atoms with Crippen LogP contribution in [0.15, 0.2) is 24.3 Å². The number of carbonyl (C=O) groups excluding carboxylic acids is 1. The minimum Gasteiger partial charge on any atom is -0.393 e. The maximum atomic E-state index is 12.4. The number of rotatable bonds is 3. The van der Waals surface area contributed by atoms with Crippen LogP contribution in [-0.2, 0) is 12.7 Å². The van der Waals surface area contributed by atoms with Gasteiger partial charge in [0.25, 0.3) is 0 Å². The second-order valence-corrected chi connectivity index (χ2v) is 5.53. The molecule has 0 heterocycles. The van der Waals surface area contributed by atoms with Crippen LogP contribution in [0.2, 0.25) is 0 Å². The van der Waals surface area contributed by atoms with E-state index in [0.717, 1.165) is 25.0 Å². The van der Waals surface area contributed by atoms with Crippen LogP contribution in [-0.4, -0.2) is 23.3 Å². The summed E-state index contributed by atoms with van der Waals surface area (Å²) in [4.78, 5) is 11.7. The zero-order valence-corrected chi connectivity index (χ0v) is 12.0. The third-order valence-electron chi connectivity index (χ3n) is 3.77. The van der Waals surface area contributed by atoms with Crippen LogP contribution in [0.4, 0.5) is 18.0 Å². The minimum absolute atomic E-state index is 0.0380. The molecule has 0 aromatic heterocycles. The molecule has 2 rings (SSSR count). The molecule has 0 bridgehead atoms. The van der Waals surface area contributed by atoms with Crippen molar-refractivity contribution < 1.29 is 23.1 Å². The molecule has 1 saturated carbocycles. The number of nitrogens with one attached hydrogen (secondary N) is 2. The lowest BCUT2D eigenvalue weighted by Crippen LogP contribution is -2.43. The molecule has 1 aromatic carbocycles. The molecule has 0 aliphatic heterocycles. The number of hydrogen-bond donors (Lipinski definition) is 3. The Morgan fingerprint density at radius 3 is 2.27 bits per heavy atom. The lowest BCUT2D eigenvalue weighted by molar-refractivity contribution is -0.137. The number of alkyl halides is 3. The van der Waals surface area contributed by atoms with Crippen molar-refractivity contribution in [2.45, 2.75) is 50.6 Å². The van der Waals surface area contributed by atoms with Crippen molar-refractivity contribution in [3.05, 3.63) is 35.4 Å². The summed E-state index contributed by atoms with van der Waals surface area (Å²) in [5.74, 6) is 0. The van der Waals surface area contributed by atoms with E-state index in [4.69, 9.17) is 0 Å². The molecule has 4 nitrogen and oxygen atoms in total. The van der Waals surface area contributed by atoms with E-state index in [1.54, 1.807) is 0 Å². The van der Waals surface area contributed by atoms with Crippen LogP contribution < -0.4 is 10.6 Å². The van der Waals surface area contributed by atoms with E-state index in [0.29, 0.717) is 18.4 Å². The van der Waals surface area contributed by atoms with Crippen LogP contribution in [0, 0.1) is 0 Å². The van der Waals surface area contributed by atoms with Crippen molar-refractivity contribution in [3.63, 3.8) is 0 Å². The standard InChI is InChI=1S/C15H19F3N2O2/c16-15(17,18)11-3-1-10(2-4-11)9-19-14(22)20-12-5-7-13(21)8-6-12/h1-4,12-13,21H,5-9H2,(H2,19,20,22). The number of hydrogen-bond acceptors (Lipinski definition) is 2.